The Bertz CT molecular complexity index is 527. The first-order valence-corrected chi connectivity index (χ1v) is 7.66. The lowest BCUT2D eigenvalue weighted by atomic mass is 9.97. The second-order valence-corrected chi connectivity index (χ2v) is 6.68. The number of rotatable bonds is 5. The summed E-state index contributed by atoms with van der Waals surface area (Å²) in [7, 11) is 0. The van der Waals surface area contributed by atoms with Gasteiger partial charge < -0.3 is 5.11 Å². The molecule has 0 aliphatic rings. The van der Waals surface area contributed by atoms with Crippen molar-refractivity contribution in [3.63, 3.8) is 0 Å². The number of aliphatic carboxylic acids is 1. The van der Waals surface area contributed by atoms with E-state index < -0.39 is 5.97 Å². The van der Waals surface area contributed by atoms with Gasteiger partial charge in [-0.05, 0) is 73.0 Å². The highest BCUT2D eigenvalue weighted by molar-refractivity contribution is 9.28. The van der Waals surface area contributed by atoms with Crippen molar-refractivity contribution in [2.24, 2.45) is 0 Å². The topological polar surface area (TPSA) is 37.3 Å². The second kappa shape index (κ2) is 7.65. The SMILES string of the molecule is CCC(=C(Br)Br)c1cccc(/C(=C/C(=O)O)CC)c1. The number of benzene rings is 1. The van der Waals surface area contributed by atoms with E-state index in [1.54, 1.807) is 0 Å². The molecule has 0 aliphatic heterocycles. The summed E-state index contributed by atoms with van der Waals surface area (Å²) < 4.78 is 0.930. The molecule has 0 heterocycles. The van der Waals surface area contributed by atoms with Gasteiger partial charge in [-0.2, -0.15) is 0 Å². The quantitative estimate of drug-likeness (QED) is 0.683. The molecule has 0 fully saturated rings. The normalized spacial score (nSPS) is 11.3. The zero-order chi connectivity index (χ0) is 14.4. The molecule has 0 bridgehead atoms. The van der Waals surface area contributed by atoms with Crippen molar-refractivity contribution < 1.29 is 9.90 Å². The van der Waals surface area contributed by atoms with Crippen LogP contribution in [-0.2, 0) is 4.79 Å². The van der Waals surface area contributed by atoms with Gasteiger partial charge in [-0.15, -0.1) is 0 Å². The third-order valence-corrected chi connectivity index (χ3v) is 3.80. The van der Waals surface area contributed by atoms with Gasteiger partial charge in [0.1, 0.15) is 0 Å². The minimum Gasteiger partial charge on any atom is -0.478 e. The predicted octanol–water partition coefficient (Wildman–Crippen LogP) is 5.43. The minimum absolute atomic E-state index is 0.691. The van der Waals surface area contributed by atoms with Gasteiger partial charge in [0.05, 0.1) is 3.39 Å². The molecule has 2 nitrogen and oxygen atoms in total. The fraction of sp³-hybridized carbons (Fsp3) is 0.267. The summed E-state index contributed by atoms with van der Waals surface area (Å²) in [6, 6.07) is 7.95. The van der Waals surface area contributed by atoms with Crippen molar-refractivity contribution in [3.05, 3.63) is 44.9 Å². The van der Waals surface area contributed by atoms with Crippen LogP contribution in [-0.4, -0.2) is 11.1 Å². The lowest BCUT2D eigenvalue weighted by Gasteiger charge is -2.10. The fourth-order valence-electron chi connectivity index (χ4n) is 1.89. The average molecular weight is 388 g/mol. The van der Waals surface area contributed by atoms with Gasteiger partial charge in [0.15, 0.2) is 0 Å². The molecule has 0 aromatic heterocycles. The summed E-state index contributed by atoms with van der Waals surface area (Å²) >= 11 is 6.89. The number of hydrogen-bond acceptors (Lipinski definition) is 1. The van der Waals surface area contributed by atoms with Crippen LogP contribution in [0.25, 0.3) is 11.1 Å². The third kappa shape index (κ3) is 4.62. The van der Waals surface area contributed by atoms with Crippen molar-refractivity contribution in [1.29, 1.82) is 0 Å². The van der Waals surface area contributed by atoms with Crippen molar-refractivity contribution in [2.45, 2.75) is 26.7 Å². The number of carboxylic acids is 1. The average Bonchev–Trinajstić information content (AvgIpc) is 2.36. The molecule has 0 unspecified atom stereocenters. The number of halogens is 2. The zero-order valence-electron chi connectivity index (χ0n) is 10.9. The van der Waals surface area contributed by atoms with Crippen LogP contribution in [0.2, 0.25) is 0 Å². The Kier molecular flexibility index (Phi) is 6.52. The van der Waals surface area contributed by atoms with Crippen LogP contribution in [0.3, 0.4) is 0 Å². The minimum atomic E-state index is -0.907. The summed E-state index contributed by atoms with van der Waals surface area (Å²) in [5, 5.41) is 8.89. The largest absolute Gasteiger partial charge is 0.478 e. The molecule has 1 rings (SSSR count). The zero-order valence-corrected chi connectivity index (χ0v) is 14.1. The van der Waals surface area contributed by atoms with E-state index in [9.17, 15) is 4.79 Å². The van der Waals surface area contributed by atoms with E-state index in [2.05, 4.69) is 38.8 Å². The molecule has 1 N–H and O–H groups in total. The Labute approximate surface area is 130 Å². The smallest absolute Gasteiger partial charge is 0.328 e. The number of hydrogen-bond donors (Lipinski definition) is 1. The standard InChI is InChI=1S/C15H16Br2O2/c1-3-10(9-14(18)19)11-6-5-7-12(8-11)13(4-2)15(16)17/h5-9H,3-4H2,1-2H3,(H,18,19)/b10-9+. The van der Waals surface area contributed by atoms with Crippen molar-refractivity contribution in [2.75, 3.05) is 0 Å². The maximum Gasteiger partial charge on any atom is 0.328 e. The molecule has 4 heteroatoms. The van der Waals surface area contributed by atoms with Gasteiger partial charge in [-0.25, -0.2) is 4.79 Å². The summed E-state index contributed by atoms with van der Waals surface area (Å²) in [5.41, 5.74) is 4.03. The summed E-state index contributed by atoms with van der Waals surface area (Å²) in [4.78, 5) is 10.8. The Balaban J connectivity index is 3.27. The maximum atomic E-state index is 10.8. The second-order valence-electron chi connectivity index (χ2n) is 4.03. The molecular formula is C15H16Br2O2. The van der Waals surface area contributed by atoms with E-state index in [1.807, 2.05) is 31.2 Å². The highest BCUT2D eigenvalue weighted by Gasteiger charge is 2.07. The lowest BCUT2D eigenvalue weighted by Crippen LogP contribution is -1.93. The Morgan fingerprint density at radius 3 is 2.32 bits per heavy atom. The molecule has 1 aromatic carbocycles. The number of carbonyl (C=O) groups is 1. The first kappa shape index (κ1) is 16.2. The van der Waals surface area contributed by atoms with Crippen LogP contribution in [0.15, 0.2) is 33.7 Å². The van der Waals surface area contributed by atoms with Gasteiger partial charge >= 0.3 is 5.97 Å². The van der Waals surface area contributed by atoms with E-state index in [-0.39, 0.29) is 0 Å². The molecule has 0 spiro atoms. The van der Waals surface area contributed by atoms with Crippen LogP contribution in [0, 0.1) is 0 Å². The Morgan fingerprint density at radius 2 is 1.84 bits per heavy atom. The fourth-order valence-corrected chi connectivity index (χ4v) is 2.91. The predicted molar refractivity (Wildman–Crippen MR) is 87.4 cm³/mol. The van der Waals surface area contributed by atoms with Crippen LogP contribution in [0.4, 0.5) is 0 Å². The van der Waals surface area contributed by atoms with Crippen LogP contribution >= 0.6 is 31.9 Å². The van der Waals surface area contributed by atoms with E-state index >= 15 is 0 Å². The molecule has 0 saturated carbocycles. The molecule has 0 atom stereocenters. The van der Waals surface area contributed by atoms with E-state index in [0.29, 0.717) is 6.42 Å². The molecule has 0 amide bonds. The summed E-state index contributed by atoms with van der Waals surface area (Å²) in [6.45, 7) is 4.04. The molecular weight excluding hydrogens is 372 g/mol. The van der Waals surface area contributed by atoms with Crippen LogP contribution in [0.1, 0.15) is 37.8 Å². The van der Waals surface area contributed by atoms with Crippen molar-refractivity contribution in [1.82, 2.24) is 0 Å². The number of allylic oxidation sites excluding steroid dienone is 2. The Hall–Kier alpha value is -0.870. The van der Waals surface area contributed by atoms with E-state index in [1.165, 1.54) is 6.08 Å². The Morgan fingerprint density at radius 1 is 1.21 bits per heavy atom. The highest BCUT2D eigenvalue weighted by atomic mass is 79.9. The van der Waals surface area contributed by atoms with E-state index in [0.717, 1.165) is 32.1 Å². The highest BCUT2D eigenvalue weighted by Crippen LogP contribution is 2.31. The van der Waals surface area contributed by atoms with Crippen molar-refractivity contribution in [3.8, 4) is 0 Å². The van der Waals surface area contributed by atoms with Gasteiger partial charge in [-0.1, -0.05) is 32.0 Å². The molecule has 0 saturated heterocycles. The maximum absolute atomic E-state index is 10.8. The number of carboxylic acid groups (broad SMARTS) is 1. The first-order valence-electron chi connectivity index (χ1n) is 6.08. The molecule has 19 heavy (non-hydrogen) atoms. The van der Waals surface area contributed by atoms with Gasteiger partial charge in [0.2, 0.25) is 0 Å². The summed E-state index contributed by atoms with van der Waals surface area (Å²) in [6.07, 6.45) is 2.85. The molecule has 0 aliphatic carbocycles. The monoisotopic (exact) mass is 386 g/mol. The molecule has 102 valence electrons. The van der Waals surface area contributed by atoms with Gasteiger partial charge in [0.25, 0.3) is 0 Å². The molecule has 1 aromatic rings. The lowest BCUT2D eigenvalue weighted by molar-refractivity contribution is -0.131. The first-order chi connectivity index (χ1) is 8.99. The van der Waals surface area contributed by atoms with Gasteiger partial charge in [0, 0.05) is 6.08 Å². The third-order valence-electron chi connectivity index (χ3n) is 2.84. The van der Waals surface area contributed by atoms with Crippen LogP contribution < -0.4 is 0 Å². The van der Waals surface area contributed by atoms with Crippen molar-refractivity contribution >= 4 is 49.0 Å². The van der Waals surface area contributed by atoms with Gasteiger partial charge in [-0.3, -0.25) is 0 Å². The van der Waals surface area contributed by atoms with E-state index in [4.69, 9.17) is 5.11 Å². The summed E-state index contributed by atoms with van der Waals surface area (Å²) in [5.74, 6) is -0.907. The molecule has 0 radical (unpaired) electrons. The van der Waals surface area contributed by atoms with Crippen LogP contribution in [0.5, 0.6) is 0 Å².